The van der Waals surface area contributed by atoms with E-state index in [0.717, 1.165) is 13.1 Å². The first kappa shape index (κ1) is 13.3. The van der Waals surface area contributed by atoms with Gasteiger partial charge in [-0.1, -0.05) is 13.8 Å². The minimum Gasteiger partial charge on any atom is -0.329 e. The van der Waals surface area contributed by atoms with Gasteiger partial charge in [0.15, 0.2) is 0 Å². The largest absolute Gasteiger partial charge is 0.329 e. The van der Waals surface area contributed by atoms with E-state index in [1.807, 2.05) is 0 Å². The van der Waals surface area contributed by atoms with Gasteiger partial charge < -0.3 is 5.73 Å². The maximum atomic E-state index is 6.09. The SMILES string of the molecule is CCN(C(C)C)C1(CN)CCCSC1C. The first-order chi connectivity index (χ1) is 7.08. The number of nitrogens with zero attached hydrogens (tertiary/aromatic N) is 1. The normalized spacial score (nSPS) is 32.6. The minimum atomic E-state index is 0.242. The van der Waals surface area contributed by atoms with Gasteiger partial charge in [0.2, 0.25) is 0 Å². The first-order valence-corrected chi connectivity index (χ1v) is 7.21. The third-order valence-electron chi connectivity index (χ3n) is 3.77. The lowest BCUT2D eigenvalue weighted by Crippen LogP contribution is -2.62. The van der Waals surface area contributed by atoms with Crippen molar-refractivity contribution in [3.8, 4) is 0 Å². The van der Waals surface area contributed by atoms with E-state index in [-0.39, 0.29) is 5.54 Å². The van der Waals surface area contributed by atoms with E-state index in [9.17, 15) is 0 Å². The van der Waals surface area contributed by atoms with Crippen molar-refractivity contribution >= 4 is 11.8 Å². The van der Waals surface area contributed by atoms with Gasteiger partial charge in [0.25, 0.3) is 0 Å². The standard InChI is InChI=1S/C12H26N2S/c1-5-14(10(2)3)12(9-13)7-6-8-15-11(12)4/h10-11H,5-9,13H2,1-4H3. The summed E-state index contributed by atoms with van der Waals surface area (Å²) in [4.78, 5) is 2.60. The van der Waals surface area contributed by atoms with E-state index in [0.29, 0.717) is 11.3 Å². The van der Waals surface area contributed by atoms with Crippen molar-refractivity contribution in [1.82, 2.24) is 4.90 Å². The number of hydrogen-bond acceptors (Lipinski definition) is 3. The fraction of sp³-hybridized carbons (Fsp3) is 1.00. The van der Waals surface area contributed by atoms with Crippen molar-refractivity contribution in [2.24, 2.45) is 5.73 Å². The Labute approximate surface area is 99.0 Å². The van der Waals surface area contributed by atoms with Crippen molar-refractivity contribution in [3.05, 3.63) is 0 Å². The molecule has 2 N–H and O–H groups in total. The van der Waals surface area contributed by atoms with Gasteiger partial charge in [-0.25, -0.2) is 0 Å². The van der Waals surface area contributed by atoms with Crippen molar-refractivity contribution in [3.63, 3.8) is 0 Å². The van der Waals surface area contributed by atoms with Crippen molar-refractivity contribution < 1.29 is 0 Å². The molecule has 0 bridgehead atoms. The number of nitrogens with two attached hydrogens (primary N) is 1. The van der Waals surface area contributed by atoms with Crippen LogP contribution in [-0.4, -0.2) is 40.6 Å². The number of rotatable bonds is 4. The van der Waals surface area contributed by atoms with Gasteiger partial charge in [-0.05, 0) is 39.0 Å². The third kappa shape index (κ3) is 2.51. The van der Waals surface area contributed by atoms with Crippen LogP contribution in [0.25, 0.3) is 0 Å². The van der Waals surface area contributed by atoms with Crippen LogP contribution < -0.4 is 5.73 Å². The summed E-state index contributed by atoms with van der Waals surface area (Å²) in [7, 11) is 0. The van der Waals surface area contributed by atoms with E-state index in [4.69, 9.17) is 5.73 Å². The van der Waals surface area contributed by atoms with Gasteiger partial charge >= 0.3 is 0 Å². The lowest BCUT2D eigenvalue weighted by atomic mass is 9.86. The molecule has 1 heterocycles. The van der Waals surface area contributed by atoms with E-state index in [1.54, 1.807) is 0 Å². The molecule has 0 radical (unpaired) electrons. The molecule has 1 aliphatic rings. The Kier molecular flexibility index (Phi) is 4.94. The van der Waals surface area contributed by atoms with Crippen LogP contribution in [0.4, 0.5) is 0 Å². The zero-order valence-corrected chi connectivity index (χ0v) is 11.4. The molecule has 1 aliphatic heterocycles. The Hall–Kier alpha value is 0.270. The summed E-state index contributed by atoms with van der Waals surface area (Å²) < 4.78 is 0. The van der Waals surface area contributed by atoms with Gasteiger partial charge in [0, 0.05) is 23.4 Å². The van der Waals surface area contributed by atoms with Crippen LogP contribution in [0.5, 0.6) is 0 Å². The molecule has 0 aromatic rings. The van der Waals surface area contributed by atoms with Gasteiger partial charge in [0.1, 0.15) is 0 Å². The number of thioether (sulfide) groups is 1. The monoisotopic (exact) mass is 230 g/mol. The van der Waals surface area contributed by atoms with Crippen molar-refractivity contribution in [1.29, 1.82) is 0 Å². The maximum absolute atomic E-state index is 6.09. The van der Waals surface area contributed by atoms with E-state index in [1.165, 1.54) is 18.6 Å². The fourth-order valence-electron chi connectivity index (χ4n) is 2.95. The summed E-state index contributed by atoms with van der Waals surface area (Å²) >= 11 is 2.09. The average molecular weight is 230 g/mol. The molecule has 0 spiro atoms. The molecule has 3 heteroatoms. The highest BCUT2D eigenvalue weighted by Crippen LogP contribution is 2.38. The Morgan fingerprint density at radius 1 is 1.53 bits per heavy atom. The Bertz CT molecular complexity index is 196. The number of likely N-dealkylation sites (N-methyl/N-ethyl adjacent to an activating group) is 1. The van der Waals surface area contributed by atoms with E-state index >= 15 is 0 Å². The van der Waals surface area contributed by atoms with Crippen LogP contribution in [0.2, 0.25) is 0 Å². The molecule has 0 aliphatic carbocycles. The zero-order valence-electron chi connectivity index (χ0n) is 10.6. The second kappa shape index (κ2) is 5.55. The molecule has 1 saturated heterocycles. The molecule has 1 rings (SSSR count). The van der Waals surface area contributed by atoms with Crippen molar-refractivity contribution in [2.75, 3.05) is 18.8 Å². The minimum absolute atomic E-state index is 0.242. The molecule has 0 aromatic carbocycles. The Morgan fingerprint density at radius 2 is 2.20 bits per heavy atom. The second-order valence-corrected chi connectivity index (χ2v) is 6.25. The predicted octanol–water partition coefficient (Wildman–Crippen LogP) is 2.33. The molecule has 0 aromatic heterocycles. The van der Waals surface area contributed by atoms with Crippen LogP contribution in [0, 0.1) is 0 Å². The highest BCUT2D eigenvalue weighted by atomic mass is 32.2. The van der Waals surface area contributed by atoms with Crippen LogP contribution in [0.3, 0.4) is 0 Å². The lowest BCUT2D eigenvalue weighted by molar-refractivity contribution is 0.0571. The molecule has 2 unspecified atom stereocenters. The molecule has 90 valence electrons. The summed E-state index contributed by atoms with van der Waals surface area (Å²) in [6.45, 7) is 11.1. The highest BCUT2D eigenvalue weighted by Gasteiger charge is 2.42. The summed E-state index contributed by atoms with van der Waals surface area (Å²) in [5, 5.41) is 0.665. The van der Waals surface area contributed by atoms with E-state index in [2.05, 4.69) is 44.4 Å². The van der Waals surface area contributed by atoms with Gasteiger partial charge in [-0.15, -0.1) is 0 Å². The molecular weight excluding hydrogens is 204 g/mol. The fourth-order valence-corrected chi connectivity index (χ4v) is 4.28. The quantitative estimate of drug-likeness (QED) is 0.804. The smallest absolute Gasteiger partial charge is 0.0450 e. The van der Waals surface area contributed by atoms with Crippen LogP contribution in [-0.2, 0) is 0 Å². The summed E-state index contributed by atoms with van der Waals surface area (Å²) in [6.07, 6.45) is 2.58. The topological polar surface area (TPSA) is 29.3 Å². The lowest BCUT2D eigenvalue weighted by Gasteiger charge is -2.51. The van der Waals surface area contributed by atoms with Crippen molar-refractivity contribution in [2.45, 2.75) is 57.4 Å². The Balaban J connectivity index is 2.89. The van der Waals surface area contributed by atoms with E-state index < -0.39 is 0 Å². The summed E-state index contributed by atoms with van der Waals surface area (Å²) in [6, 6.07) is 0.597. The third-order valence-corrected chi connectivity index (χ3v) is 5.23. The molecule has 1 fully saturated rings. The van der Waals surface area contributed by atoms with Crippen LogP contribution >= 0.6 is 11.8 Å². The average Bonchev–Trinajstić information content (AvgIpc) is 2.21. The molecule has 0 amide bonds. The van der Waals surface area contributed by atoms with Gasteiger partial charge in [-0.2, -0.15) is 11.8 Å². The van der Waals surface area contributed by atoms with Crippen LogP contribution in [0.15, 0.2) is 0 Å². The van der Waals surface area contributed by atoms with Gasteiger partial charge in [-0.3, -0.25) is 4.90 Å². The first-order valence-electron chi connectivity index (χ1n) is 6.17. The predicted molar refractivity (Wildman–Crippen MR) is 70.5 cm³/mol. The zero-order chi connectivity index (χ0) is 11.5. The summed E-state index contributed by atoms with van der Waals surface area (Å²) in [5.41, 5.74) is 6.33. The molecule has 15 heavy (non-hydrogen) atoms. The molecule has 0 saturated carbocycles. The summed E-state index contributed by atoms with van der Waals surface area (Å²) in [5.74, 6) is 1.30. The van der Waals surface area contributed by atoms with Gasteiger partial charge in [0.05, 0.1) is 0 Å². The second-order valence-electron chi connectivity index (χ2n) is 4.80. The maximum Gasteiger partial charge on any atom is 0.0450 e. The molecule has 2 atom stereocenters. The highest BCUT2D eigenvalue weighted by molar-refractivity contribution is 8.00. The number of hydrogen-bond donors (Lipinski definition) is 1. The van der Waals surface area contributed by atoms with Crippen LogP contribution in [0.1, 0.15) is 40.5 Å². The Morgan fingerprint density at radius 3 is 2.60 bits per heavy atom. The molecular formula is C12H26N2S. The molecule has 2 nitrogen and oxygen atoms in total.